The maximum atomic E-state index is 12.0. The number of nitrogens with zero attached hydrogens (tertiary/aromatic N) is 1. The maximum absolute atomic E-state index is 12.0. The Labute approximate surface area is 124 Å². The highest BCUT2D eigenvalue weighted by Gasteiger charge is 2.27. The largest absolute Gasteiger partial charge is 0.450 e. The second-order valence-corrected chi connectivity index (χ2v) is 6.43. The molecule has 0 aromatic carbocycles. The van der Waals surface area contributed by atoms with Gasteiger partial charge in [-0.3, -0.25) is 4.79 Å². The Morgan fingerprint density at radius 1 is 1.35 bits per heavy atom. The summed E-state index contributed by atoms with van der Waals surface area (Å²) in [6, 6.07) is 3.91. The Balaban J connectivity index is 1.70. The van der Waals surface area contributed by atoms with Gasteiger partial charge in [-0.25, -0.2) is 9.78 Å². The summed E-state index contributed by atoms with van der Waals surface area (Å²) in [6.45, 7) is 0. The molecule has 0 N–H and O–H groups in total. The molecule has 1 fully saturated rings. The van der Waals surface area contributed by atoms with Gasteiger partial charge in [-0.15, -0.1) is 22.7 Å². The highest BCUT2D eigenvalue weighted by Crippen LogP contribution is 2.28. The third kappa shape index (κ3) is 2.81. The van der Waals surface area contributed by atoms with Gasteiger partial charge in [0.2, 0.25) is 0 Å². The molecule has 1 saturated carbocycles. The zero-order valence-electron chi connectivity index (χ0n) is 10.7. The normalized spacial score (nSPS) is 19.0. The third-order valence-electron chi connectivity index (χ3n) is 3.19. The number of hydrogen-bond acceptors (Lipinski definition) is 6. The van der Waals surface area contributed by atoms with Crippen LogP contribution >= 0.6 is 22.7 Å². The standard InChI is InChI=1S/C14H13NO3S2/c16-10-4-1-2-5-11(10)18-14(17)9-8-20-13(15-9)12-6-3-7-19-12/h3,6-8,11H,1-2,4-5H2/t11-/m1/s1. The first-order valence-electron chi connectivity index (χ1n) is 6.47. The second kappa shape index (κ2) is 5.85. The average Bonchev–Trinajstić information content (AvgIpc) is 3.11. The van der Waals surface area contributed by atoms with Crippen molar-refractivity contribution in [1.29, 1.82) is 0 Å². The molecule has 3 rings (SSSR count). The molecular formula is C14H13NO3S2. The molecule has 1 aliphatic carbocycles. The number of carbonyl (C=O) groups excluding carboxylic acids is 2. The van der Waals surface area contributed by atoms with Crippen LogP contribution in [0.2, 0.25) is 0 Å². The number of thiophene rings is 1. The molecular weight excluding hydrogens is 294 g/mol. The summed E-state index contributed by atoms with van der Waals surface area (Å²) in [6.07, 6.45) is 2.39. The molecule has 20 heavy (non-hydrogen) atoms. The van der Waals surface area contributed by atoms with Crippen LogP contribution in [0.25, 0.3) is 9.88 Å². The Hall–Kier alpha value is -1.53. The van der Waals surface area contributed by atoms with Crippen LogP contribution in [0, 0.1) is 0 Å². The van der Waals surface area contributed by atoms with Crippen molar-refractivity contribution in [3.8, 4) is 9.88 Å². The fraction of sp³-hybridized carbons (Fsp3) is 0.357. The predicted octanol–water partition coefficient (Wildman–Crippen LogP) is 3.54. The summed E-state index contributed by atoms with van der Waals surface area (Å²) in [5, 5.41) is 4.46. The van der Waals surface area contributed by atoms with Gasteiger partial charge in [-0.1, -0.05) is 6.07 Å². The summed E-state index contributed by atoms with van der Waals surface area (Å²) in [5.41, 5.74) is 0.289. The zero-order valence-corrected chi connectivity index (χ0v) is 12.3. The van der Waals surface area contributed by atoms with Crippen molar-refractivity contribution < 1.29 is 14.3 Å². The van der Waals surface area contributed by atoms with Gasteiger partial charge in [0.25, 0.3) is 0 Å². The molecule has 2 aromatic heterocycles. The van der Waals surface area contributed by atoms with Crippen molar-refractivity contribution in [2.24, 2.45) is 0 Å². The molecule has 1 atom stereocenters. The highest BCUT2D eigenvalue weighted by atomic mass is 32.1. The van der Waals surface area contributed by atoms with Gasteiger partial charge in [0.05, 0.1) is 4.88 Å². The van der Waals surface area contributed by atoms with Crippen molar-refractivity contribution in [3.63, 3.8) is 0 Å². The molecule has 0 unspecified atom stereocenters. The lowest BCUT2D eigenvalue weighted by Gasteiger charge is -2.19. The van der Waals surface area contributed by atoms with Gasteiger partial charge in [0, 0.05) is 11.8 Å². The number of hydrogen-bond donors (Lipinski definition) is 0. The van der Waals surface area contributed by atoms with Gasteiger partial charge < -0.3 is 4.74 Å². The van der Waals surface area contributed by atoms with Gasteiger partial charge in [-0.05, 0) is 30.7 Å². The SMILES string of the molecule is O=C(O[C@@H]1CCCCC1=O)c1csc(-c2cccs2)n1. The fourth-order valence-corrected chi connectivity index (χ4v) is 3.75. The van der Waals surface area contributed by atoms with E-state index in [1.165, 1.54) is 11.3 Å². The van der Waals surface area contributed by atoms with E-state index in [1.807, 2.05) is 17.5 Å². The van der Waals surface area contributed by atoms with Crippen LogP contribution in [0.15, 0.2) is 22.9 Å². The van der Waals surface area contributed by atoms with Gasteiger partial charge >= 0.3 is 5.97 Å². The van der Waals surface area contributed by atoms with E-state index in [0.717, 1.165) is 22.7 Å². The number of carbonyl (C=O) groups is 2. The quantitative estimate of drug-likeness (QED) is 0.814. The minimum Gasteiger partial charge on any atom is -0.450 e. The van der Waals surface area contributed by atoms with Crippen LogP contribution in [0.1, 0.15) is 36.2 Å². The third-order valence-corrected chi connectivity index (χ3v) is 5.07. The topological polar surface area (TPSA) is 56.3 Å². The maximum Gasteiger partial charge on any atom is 0.358 e. The number of aromatic nitrogens is 1. The molecule has 4 nitrogen and oxygen atoms in total. The first-order valence-corrected chi connectivity index (χ1v) is 8.23. The van der Waals surface area contributed by atoms with E-state index < -0.39 is 12.1 Å². The molecule has 2 aromatic rings. The lowest BCUT2D eigenvalue weighted by molar-refractivity contribution is -0.129. The smallest absolute Gasteiger partial charge is 0.358 e. The van der Waals surface area contributed by atoms with Crippen LogP contribution in [0.3, 0.4) is 0 Å². The first-order chi connectivity index (χ1) is 9.74. The molecule has 0 spiro atoms. The van der Waals surface area contributed by atoms with Gasteiger partial charge in [0.1, 0.15) is 5.01 Å². The van der Waals surface area contributed by atoms with Crippen LogP contribution in [-0.4, -0.2) is 22.8 Å². The number of ketones is 1. The van der Waals surface area contributed by atoms with Crippen molar-refractivity contribution in [3.05, 3.63) is 28.6 Å². The van der Waals surface area contributed by atoms with Crippen molar-refractivity contribution in [2.75, 3.05) is 0 Å². The Morgan fingerprint density at radius 3 is 3.00 bits per heavy atom. The minimum atomic E-state index is -0.580. The molecule has 0 aliphatic heterocycles. The number of esters is 1. The lowest BCUT2D eigenvalue weighted by Crippen LogP contribution is -2.30. The molecule has 0 amide bonds. The number of Topliss-reactive ketones (excluding diaryl/α,β-unsaturated/α-hetero) is 1. The van der Waals surface area contributed by atoms with Crippen LogP contribution < -0.4 is 0 Å². The van der Waals surface area contributed by atoms with Gasteiger partial charge in [0.15, 0.2) is 17.6 Å². The van der Waals surface area contributed by atoms with Crippen molar-refractivity contribution >= 4 is 34.4 Å². The Bertz CT molecular complexity index is 618. The van der Waals surface area contributed by atoms with E-state index in [9.17, 15) is 9.59 Å². The van der Waals surface area contributed by atoms with E-state index in [4.69, 9.17) is 4.74 Å². The Kier molecular flexibility index (Phi) is 3.93. The number of ether oxygens (including phenoxy) is 1. The molecule has 104 valence electrons. The number of thiazole rings is 1. The molecule has 0 saturated heterocycles. The summed E-state index contributed by atoms with van der Waals surface area (Å²) in [5.74, 6) is -0.470. The summed E-state index contributed by atoms with van der Waals surface area (Å²) in [7, 11) is 0. The predicted molar refractivity (Wildman–Crippen MR) is 78.1 cm³/mol. The minimum absolute atomic E-state index is 0.0262. The molecule has 1 aliphatic rings. The fourth-order valence-electron chi connectivity index (χ4n) is 2.15. The van der Waals surface area contributed by atoms with E-state index in [2.05, 4.69) is 4.98 Å². The summed E-state index contributed by atoms with van der Waals surface area (Å²) >= 11 is 2.99. The Morgan fingerprint density at radius 2 is 2.25 bits per heavy atom. The van der Waals surface area contributed by atoms with Crippen LogP contribution in [0.4, 0.5) is 0 Å². The first kappa shape index (κ1) is 13.5. The molecule has 6 heteroatoms. The van der Waals surface area contributed by atoms with Gasteiger partial charge in [-0.2, -0.15) is 0 Å². The van der Waals surface area contributed by atoms with Crippen LogP contribution in [0.5, 0.6) is 0 Å². The second-order valence-electron chi connectivity index (χ2n) is 4.62. The van der Waals surface area contributed by atoms with E-state index in [-0.39, 0.29) is 11.5 Å². The van der Waals surface area contributed by atoms with E-state index in [0.29, 0.717) is 12.8 Å². The summed E-state index contributed by atoms with van der Waals surface area (Å²) in [4.78, 5) is 29.0. The lowest BCUT2D eigenvalue weighted by atomic mass is 9.96. The molecule has 0 radical (unpaired) electrons. The molecule has 0 bridgehead atoms. The average molecular weight is 307 g/mol. The summed E-state index contributed by atoms with van der Waals surface area (Å²) < 4.78 is 5.28. The van der Waals surface area contributed by atoms with E-state index in [1.54, 1.807) is 16.7 Å². The molecule has 2 heterocycles. The van der Waals surface area contributed by atoms with Crippen molar-refractivity contribution in [2.45, 2.75) is 31.8 Å². The highest BCUT2D eigenvalue weighted by molar-refractivity contribution is 7.20. The van der Waals surface area contributed by atoms with E-state index >= 15 is 0 Å². The monoisotopic (exact) mass is 307 g/mol. The van der Waals surface area contributed by atoms with Crippen LogP contribution in [-0.2, 0) is 9.53 Å². The zero-order chi connectivity index (χ0) is 13.9. The number of rotatable bonds is 3. The van der Waals surface area contributed by atoms with Crippen molar-refractivity contribution in [1.82, 2.24) is 4.98 Å².